The number of fused-ring (bicyclic) bond motifs is 1. The number of hydrogen-bond donors (Lipinski definition) is 5. The Morgan fingerprint density at radius 1 is 1.24 bits per heavy atom. The summed E-state index contributed by atoms with van der Waals surface area (Å²) < 4.78 is 2.04. The van der Waals surface area contributed by atoms with E-state index in [9.17, 15) is 4.79 Å². The number of primary amides is 1. The van der Waals surface area contributed by atoms with Crippen LogP contribution in [0.5, 0.6) is 0 Å². The van der Waals surface area contributed by atoms with E-state index in [1.54, 1.807) is 0 Å². The number of nitrogens with one attached hydrogen (secondary N) is 2. The zero-order valence-corrected chi connectivity index (χ0v) is 18.1. The Kier molecular flexibility index (Phi) is 8.47. The van der Waals surface area contributed by atoms with E-state index in [1.165, 1.54) is 19.3 Å². The predicted molar refractivity (Wildman–Crippen MR) is 122 cm³/mol. The average Bonchev–Trinajstić information content (AvgIpc) is 3.15. The van der Waals surface area contributed by atoms with Crippen molar-refractivity contribution in [1.82, 2.24) is 25.0 Å². The van der Waals surface area contributed by atoms with Crippen molar-refractivity contribution >= 4 is 40.7 Å². The minimum atomic E-state index is -0.703. The van der Waals surface area contributed by atoms with Crippen LogP contribution < -0.4 is 16.4 Å². The molecule has 4 rings (SSSR count). The summed E-state index contributed by atoms with van der Waals surface area (Å²) in [6.45, 7) is 0.576. The quantitative estimate of drug-likeness (QED) is 0.224. The molecule has 2 aromatic heterocycles. The Bertz CT molecular complexity index is 1080. The number of carboxylic acid groups (broad SMARTS) is 1. The van der Waals surface area contributed by atoms with Crippen LogP contribution in [0.1, 0.15) is 55.1 Å². The summed E-state index contributed by atoms with van der Waals surface area (Å²) in [5.41, 5.74) is 7.10. The summed E-state index contributed by atoms with van der Waals surface area (Å²) in [7, 11) is 0. The first-order valence-electron chi connectivity index (χ1n) is 10.8. The van der Waals surface area contributed by atoms with Crippen molar-refractivity contribution in [2.45, 2.75) is 44.6 Å². The highest BCUT2D eigenvalue weighted by molar-refractivity contribution is 5.96. The minimum absolute atomic E-state index is 0.0221. The van der Waals surface area contributed by atoms with E-state index in [-0.39, 0.29) is 24.6 Å². The van der Waals surface area contributed by atoms with Crippen LogP contribution in [0.25, 0.3) is 10.9 Å². The molecule has 0 aliphatic heterocycles. The average molecular weight is 457 g/mol. The Labute approximate surface area is 190 Å². The fourth-order valence-electron chi connectivity index (χ4n) is 3.37. The summed E-state index contributed by atoms with van der Waals surface area (Å²) in [6, 6.07) is 6.28. The molecule has 1 saturated carbocycles. The molecule has 0 bridgehead atoms. The van der Waals surface area contributed by atoms with Crippen molar-refractivity contribution in [3.63, 3.8) is 0 Å². The van der Waals surface area contributed by atoms with E-state index in [2.05, 4.69) is 37.1 Å². The Hall–Kier alpha value is -3.80. The molecule has 12 nitrogen and oxygen atoms in total. The van der Waals surface area contributed by atoms with Crippen LogP contribution in [-0.2, 0) is 4.79 Å². The van der Waals surface area contributed by atoms with Crippen LogP contribution in [0, 0.1) is 0 Å². The molecule has 176 valence electrons. The zero-order valence-electron chi connectivity index (χ0n) is 18.1. The van der Waals surface area contributed by atoms with Gasteiger partial charge >= 0.3 is 0 Å². The first-order chi connectivity index (χ1) is 16.0. The molecule has 33 heavy (non-hydrogen) atoms. The molecular weight excluding hydrogens is 428 g/mol. The van der Waals surface area contributed by atoms with E-state index in [0.29, 0.717) is 18.5 Å². The van der Waals surface area contributed by atoms with Gasteiger partial charge < -0.3 is 26.6 Å². The number of aromatic nitrogens is 5. The van der Waals surface area contributed by atoms with Gasteiger partial charge in [-0.25, -0.2) is 0 Å². The molecule has 2 heterocycles. The highest BCUT2D eigenvalue weighted by Gasteiger charge is 2.20. The number of aliphatic hydroxyl groups is 1. The molecule has 1 amide bonds. The van der Waals surface area contributed by atoms with E-state index in [1.807, 2.05) is 22.9 Å². The Morgan fingerprint density at radius 3 is 2.70 bits per heavy atom. The third-order valence-electron chi connectivity index (χ3n) is 5.27. The number of amides is 1. The fourth-order valence-corrected chi connectivity index (χ4v) is 3.37. The Morgan fingerprint density at radius 2 is 2.03 bits per heavy atom. The van der Waals surface area contributed by atoms with E-state index in [0.717, 1.165) is 35.9 Å². The molecule has 0 spiro atoms. The summed E-state index contributed by atoms with van der Waals surface area (Å²) in [5.74, 6) is -0.141. The first-order valence-corrected chi connectivity index (χ1v) is 10.8. The number of nitrogens with zero attached hydrogens (tertiary/aromatic N) is 5. The summed E-state index contributed by atoms with van der Waals surface area (Å²) in [6.07, 6.45) is 8.17. The number of rotatable bonds is 10. The topological polar surface area (TPSA) is 181 Å². The van der Waals surface area contributed by atoms with Gasteiger partial charge in [0.2, 0.25) is 5.95 Å². The second kappa shape index (κ2) is 11.7. The smallest absolute Gasteiger partial charge is 0.290 e. The third-order valence-corrected chi connectivity index (χ3v) is 5.27. The molecule has 1 aliphatic carbocycles. The van der Waals surface area contributed by atoms with Gasteiger partial charge in [-0.1, -0.05) is 0 Å². The molecule has 6 N–H and O–H groups in total. The summed E-state index contributed by atoms with van der Waals surface area (Å²) >= 11 is 0. The fraction of sp³-hybridized carbons (Fsp3) is 0.429. The van der Waals surface area contributed by atoms with Gasteiger partial charge in [-0.15, -0.1) is 10.2 Å². The maximum Gasteiger partial charge on any atom is 0.290 e. The molecule has 1 aromatic carbocycles. The van der Waals surface area contributed by atoms with E-state index in [4.69, 9.17) is 20.7 Å². The highest BCUT2D eigenvalue weighted by atomic mass is 16.3. The van der Waals surface area contributed by atoms with E-state index >= 15 is 0 Å². The van der Waals surface area contributed by atoms with Gasteiger partial charge in [-0.05, 0) is 56.7 Å². The maximum atomic E-state index is 11.8. The van der Waals surface area contributed by atoms with Crippen LogP contribution in [-0.4, -0.2) is 60.7 Å². The number of benzene rings is 1. The van der Waals surface area contributed by atoms with Crippen molar-refractivity contribution in [3.8, 4) is 0 Å². The van der Waals surface area contributed by atoms with Crippen molar-refractivity contribution in [2.24, 2.45) is 5.73 Å². The SMILES string of the molecule is NC(=O)c1nnc(NCCCCCO)nc1Nc1ccc2nn(C3CCC3)cc2c1.O=CO. The number of anilines is 3. The van der Waals surface area contributed by atoms with Crippen molar-refractivity contribution < 1.29 is 19.8 Å². The van der Waals surface area contributed by atoms with Gasteiger partial charge in [0.25, 0.3) is 12.4 Å². The van der Waals surface area contributed by atoms with Crippen LogP contribution in [0.2, 0.25) is 0 Å². The van der Waals surface area contributed by atoms with Crippen molar-refractivity contribution in [2.75, 3.05) is 23.8 Å². The molecule has 1 fully saturated rings. The first kappa shape index (κ1) is 23.9. The van der Waals surface area contributed by atoms with Gasteiger partial charge in [0, 0.05) is 30.4 Å². The maximum absolute atomic E-state index is 11.8. The number of unbranched alkanes of at least 4 members (excludes halogenated alkanes) is 2. The highest BCUT2D eigenvalue weighted by Crippen LogP contribution is 2.32. The number of aliphatic hydroxyl groups excluding tert-OH is 1. The van der Waals surface area contributed by atoms with Gasteiger partial charge in [0.05, 0.1) is 11.6 Å². The second-order valence-corrected chi connectivity index (χ2v) is 7.61. The standard InChI is InChI=1S/C20H26N8O2.CH2O2/c21-18(30)17-19(24-20(26-25-17)22-9-2-1-3-10-29)23-14-7-8-16-13(11-14)12-28(27-16)15-5-4-6-15;2-1-3/h7-8,11-12,15,29H,1-6,9-10H2,(H2,21,30)(H2,22,23,24,26);1H,(H,2,3). The molecule has 1 aliphatic rings. The van der Waals surface area contributed by atoms with Crippen LogP contribution in [0.3, 0.4) is 0 Å². The molecule has 0 unspecified atom stereocenters. The predicted octanol–water partition coefficient (Wildman–Crippen LogP) is 2.06. The van der Waals surface area contributed by atoms with Gasteiger partial charge in [0.1, 0.15) is 0 Å². The lowest BCUT2D eigenvalue weighted by Crippen LogP contribution is -2.19. The molecule has 12 heteroatoms. The van der Waals surface area contributed by atoms with Crippen LogP contribution in [0.15, 0.2) is 24.4 Å². The van der Waals surface area contributed by atoms with Crippen molar-refractivity contribution in [1.29, 1.82) is 0 Å². The lowest BCUT2D eigenvalue weighted by Gasteiger charge is -2.25. The van der Waals surface area contributed by atoms with Crippen molar-refractivity contribution in [3.05, 3.63) is 30.1 Å². The van der Waals surface area contributed by atoms with Gasteiger partial charge in [-0.2, -0.15) is 10.1 Å². The number of carbonyl (C=O) groups is 2. The lowest BCUT2D eigenvalue weighted by molar-refractivity contribution is -0.122. The summed E-state index contributed by atoms with van der Waals surface area (Å²) in [4.78, 5) is 24.5. The second-order valence-electron chi connectivity index (χ2n) is 7.61. The minimum Gasteiger partial charge on any atom is -0.483 e. The summed E-state index contributed by atoms with van der Waals surface area (Å²) in [5, 5.41) is 35.5. The Balaban J connectivity index is 0.000000968. The largest absolute Gasteiger partial charge is 0.483 e. The number of nitrogens with two attached hydrogens (primary N) is 1. The molecule has 3 aromatic rings. The van der Waals surface area contributed by atoms with Gasteiger partial charge in [0.15, 0.2) is 11.5 Å². The lowest BCUT2D eigenvalue weighted by atomic mass is 9.93. The normalized spacial score (nSPS) is 13.0. The molecule has 0 radical (unpaired) electrons. The van der Waals surface area contributed by atoms with Gasteiger partial charge in [-0.3, -0.25) is 14.3 Å². The third kappa shape index (κ3) is 6.35. The number of hydrogen-bond acceptors (Lipinski definition) is 9. The number of carbonyl (C=O) groups excluding carboxylic acids is 1. The molecule has 0 atom stereocenters. The van der Waals surface area contributed by atoms with Crippen LogP contribution in [0.4, 0.5) is 17.5 Å². The van der Waals surface area contributed by atoms with E-state index < -0.39 is 5.91 Å². The zero-order chi connectivity index (χ0) is 23.6. The monoisotopic (exact) mass is 456 g/mol. The van der Waals surface area contributed by atoms with Crippen LogP contribution >= 0.6 is 0 Å². The molecule has 0 saturated heterocycles. The molecular formula is C21H28N8O4.